The molecule has 0 fully saturated rings. The number of thiazole rings is 1. The molecule has 108 valence electrons. The van der Waals surface area contributed by atoms with Crippen molar-refractivity contribution < 1.29 is 13.2 Å². The van der Waals surface area contributed by atoms with Crippen molar-refractivity contribution in [2.24, 2.45) is 5.73 Å². The summed E-state index contributed by atoms with van der Waals surface area (Å²) in [7, 11) is 0. The first-order chi connectivity index (χ1) is 9.40. The van der Waals surface area contributed by atoms with Gasteiger partial charge in [0.25, 0.3) is 0 Å². The van der Waals surface area contributed by atoms with E-state index >= 15 is 0 Å². The zero-order chi connectivity index (χ0) is 14.8. The van der Waals surface area contributed by atoms with Crippen LogP contribution in [-0.4, -0.2) is 11.5 Å². The predicted octanol–water partition coefficient (Wildman–Crippen LogP) is 3.76. The number of alkyl halides is 3. The Morgan fingerprint density at radius 1 is 1.25 bits per heavy atom. The number of rotatable bonds is 4. The highest BCUT2D eigenvalue weighted by molar-refractivity contribution is 7.09. The average Bonchev–Trinajstić information content (AvgIpc) is 2.82. The van der Waals surface area contributed by atoms with Crippen molar-refractivity contribution in [3.8, 4) is 0 Å². The first kappa shape index (κ1) is 15.0. The predicted molar refractivity (Wildman–Crippen MR) is 73.8 cm³/mol. The number of benzene rings is 1. The molecule has 1 atom stereocenters. The van der Waals surface area contributed by atoms with E-state index in [4.69, 9.17) is 5.73 Å². The molecule has 2 aromatic rings. The number of hydrogen-bond donors (Lipinski definition) is 1. The molecule has 1 unspecified atom stereocenters. The number of nitrogens with two attached hydrogens (primary N) is 1. The van der Waals surface area contributed by atoms with Crippen molar-refractivity contribution in [2.45, 2.75) is 25.4 Å². The van der Waals surface area contributed by atoms with Gasteiger partial charge in [-0.2, -0.15) is 13.2 Å². The van der Waals surface area contributed by atoms with Gasteiger partial charge in [-0.15, -0.1) is 11.3 Å². The number of aromatic nitrogens is 1. The fourth-order valence-electron chi connectivity index (χ4n) is 1.95. The first-order valence-corrected chi connectivity index (χ1v) is 7.06. The summed E-state index contributed by atoms with van der Waals surface area (Å²) in [5.41, 5.74) is 6.89. The molecule has 0 radical (unpaired) electrons. The Bertz CT molecular complexity index is 561. The van der Waals surface area contributed by atoms with Crippen LogP contribution in [0.5, 0.6) is 0 Å². The first-order valence-electron chi connectivity index (χ1n) is 6.18. The van der Waals surface area contributed by atoms with Gasteiger partial charge in [-0.05, 0) is 31.0 Å². The summed E-state index contributed by atoms with van der Waals surface area (Å²) in [6.45, 7) is 2.33. The zero-order valence-corrected chi connectivity index (χ0v) is 11.8. The second-order valence-corrected chi connectivity index (χ2v) is 5.55. The molecule has 20 heavy (non-hydrogen) atoms. The topological polar surface area (TPSA) is 38.9 Å². The third-order valence-corrected chi connectivity index (χ3v) is 4.16. The molecule has 1 heterocycles. The maximum atomic E-state index is 12.5. The van der Waals surface area contributed by atoms with Gasteiger partial charge in [0, 0.05) is 23.5 Å². The summed E-state index contributed by atoms with van der Waals surface area (Å²) in [6, 6.07) is 5.23. The minimum atomic E-state index is -4.29. The molecule has 0 aliphatic heterocycles. The number of nitrogens with zero attached hydrogens (tertiary/aromatic N) is 1. The largest absolute Gasteiger partial charge is 0.416 e. The van der Waals surface area contributed by atoms with Crippen molar-refractivity contribution in [1.82, 2.24) is 4.98 Å². The van der Waals surface area contributed by atoms with Crippen LogP contribution in [0.2, 0.25) is 0 Å². The minimum Gasteiger partial charge on any atom is -0.330 e. The van der Waals surface area contributed by atoms with Gasteiger partial charge in [-0.3, -0.25) is 0 Å². The molecular formula is C14H15F3N2S. The number of hydrogen-bond acceptors (Lipinski definition) is 3. The van der Waals surface area contributed by atoms with Crippen LogP contribution in [0.25, 0.3) is 0 Å². The number of aryl methyl sites for hydroxylation is 1. The van der Waals surface area contributed by atoms with Crippen LogP contribution in [-0.2, 0) is 12.6 Å². The van der Waals surface area contributed by atoms with Crippen molar-refractivity contribution in [2.75, 3.05) is 6.54 Å². The fraction of sp³-hybridized carbons (Fsp3) is 0.357. The lowest BCUT2D eigenvalue weighted by atomic mass is 9.99. The second kappa shape index (κ2) is 5.93. The van der Waals surface area contributed by atoms with Crippen LogP contribution >= 0.6 is 11.3 Å². The second-order valence-electron chi connectivity index (χ2n) is 4.66. The summed E-state index contributed by atoms with van der Waals surface area (Å²) in [6.07, 6.45) is -3.69. The van der Waals surface area contributed by atoms with Crippen molar-refractivity contribution >= 4 is 11.3 Å². The molecule has 0 spiro atoms. The van der Waals surface area contributed by atoms with Gasteiger partial charge in [0.15, 0.2) is 0 Å². The molecule has 0 bridgehead atoms. The van der Waals surface area contributed by atoms with Crippen LogP contribution < -0.4 is 5.73 Å². The Hall–Kier alpha value is -1.40. The van der Waals surface area contributed by atoms with E-state index in [1.807, 2.05) is 12.3 Å². The van der Waals surface area contributed by atoms with E-state index in [2.05, 4.69) is 4.98 Å². The van der Waals surface area contributed by atoms with Gasteiger partial charge in [-0.25, -0.2) is 4.98 Å². The molecule has 0 aliphatic rings. The summed E-state index contributed by atoms with van der Waals surface area (Å²) < 4.78 is 37.5. The summed E-state index contributed by atoms with van der Waals surface area (Å²) in [5, 5.41) is 2.88. The highest BCUT2D eigenvalue weighted by atomic mass is 32.1. The Balaban J connectivity index is 2.12. The maximum absolute atomic E-state index is 12.5. The highest BCUT2D eigenvalue weighted by Gasteiger charge is 2.30. The highest BCUT2D eigenvalue weighted by Crippen LogP contribution is 2.30. The molecule has 6 heteroatoms. The smallest absolute Gasteiger partial charge is 0.330 e. The standard InChI is InChI=1S/C14H15F3N2S/c1-9-8-20-13(19-9)11(7-18)6-10-2-4-12(5-3-10)14(15,16)17/h2-5,8,11H,6-7,18H2,1H3. The van der Waals surface area contributed by atoms with E-state index in [9.17, 15) is 13.2 Å². The van der Waals surface area contributed by atoms with Crippen LogP contribution in [0.4, 0.5) is 13.2 Å². The normalized spacial score (nSPS) is 13.4. The number of halogens is 3. The Morgan fingerprint density at radius 3 is 2.35 bits per heavy atom. The lowest BCUT2D eigenvalue weighted by Gasteiger charge is -2.13. The SMILES string of the molecule is Cc1csc(C(CN)Cc2ccc(C(F)(F)F)cc2)n1. The Kier molecular flexibility index (Phi) is 4.45. The maximum Gasteiger partial charge on any atom is 0.416 e. The van der Waals surface area contributed by atoms with E-state index < -0.39 is 11.7 Å². The lowest BCUT2D eigenvalue weighted by molar-refractivity contribution is -0.137. The summed E-state index contributed by atoms with van der Waals surface area (Å²) in [5.74, 6) is 0.0467. The van der Waals surface area contributed by atoms with Gasteiger partial charge < -0.3 is 5.73 Å². The van der Waals surface area contributed by atoms with Crippen LogP contribution in [0.1, 0.15) is 27.7 Å². The molecule has 0 saturated heterocycles. The molecule has 2 rings (SSSR count). The Morgan fingerprint density at radius 2 is 1.90 bits per heavy atom. The van der Waals surface area contributed by atoms with Crippen LogP contribution in [0, 0.1) is 6.92 Å². The van der Waals surface area contributed by atoms with Gasteiger partial charge in [0.2, 0.25) is 0 Å². The summed E-state index contributed by atoms with van der Waals surface area (Å²) >= 11 is 1.54. The third-order valence-electron chi connectivity index (χ3n) is 3.03. The van der Waals surface area contributed by atoms with E-state index in [1.165, 1.54) is 23.5 Å². The van der Waals surface area contributed by atoms with E-state index in [-0.39, 0.29) is 5.92 Å². The molecule has 0 saturated carbocycles. The molecule has 1 aromatic heterocycles. The van der Waals surface area contributed by atoms with E-state index in [1.54, 1.807) is 0 Å². The van der Waals surface area contributed by atoms with E-state index in [0.29, 0.717) is 13.0 Å². The molecule has 2 nitrogen and oxygen atoms in total. The Labute approximate surface area is 119 Å². The van der Waals surface area contributed by atoms with Crippen LogP contribution in [0.15, 0.2) is 29.6 Å². The van der Waals surface area contributed by atoms with Gasteiger partial charge in [0.1, 0.15) is 0 Å². The summed E-state index contributed by atoms with van der Waals surface area (Å²) in [4.78, 5) is 4.39. The van der Waals surface area contributed by atoms with Crippen LogP contribution in [0.3, 0.4) is 0 Å². The monoisotopic (exact) mass is 300 g/mol. The molecule has 1 aromatic carbocycles. The van der Waals surface area contributed by atoms with Gasteiger partial charge in [-0.1, -0.05) is 12.1 Å². The van der Waals surface area contributed by atoms with Gasteiger partial charge in [0.05, 0.1) is 10.6 Å². The lowest BCUT2D eigenvalue weighted by Crippen LogP contribution is -2.15. The van der Waals surface area contributed by atoms with Crippen molar-refractivity contribution in [3.05, 3.63) is 51.5 Å². The molecule has 2 N–H and O–H groups in total. The molecular weight excluding hydrogens is 285 g/mol. The molecule has 0 amide bonds. The average molecular weight is 300 g/mol. The third kappa shape index (κ3) is 3.58. The van der Waals surface area contributed by atoms with Crippen molar-refractivity contribution in [3.63, 3.8) is 0 Å². The minimum absolute atomic E-state index is 0.0467. The zero-order valence-electron chi connectivity index (χ0n) is 10.9. The van der Waals surface area contributed by atoms with Gasteiger partial charge >= 0.3 is 6.18 Å². The molecule has 0 aliphatic carbocycles. The van der Waals surface area contributed by atoms with E-state index in [0.717, 1.165) is 28.4 Å². The van der Waals surface area contributed by atoms with Crippen molar-refractivity contribution in [1.29, 1.82) is 0 Å². The fourth-order valence-corrected chi connectivity index (χ4v) is 2.86. The quantitative estimate of drug-likeness (QED) is 0.934.